The third kappa shape index (κ3) is 3.84. The Kier molecular flexibility index (Phi) is 5.42. The van der Waals surface area contributed by atoms with Crippen LogP contribution < -0.4 is 15.8 Å². The summed E-state index contributed by atoms with van der Waals surface area (Å²) in [6.07, 6.45) is 0. The summed E-state index contributed by atoms with van der Waals surface area (Å²) in [5.74, 6) is 0.615. The largest absolute Gasteiger partial charge is 0.496 e. The van der Waals surface area contributed by atoms with E-state index in [9.17, 15) is 9.59 Å². The maximum absolute atomic E-state index is 12.7. The van der Waals surface area contributed by atoms with E-state index in [4.69, 9.17) is 10.5 Å². The summed E-state index contributed by atoms with van der Waals surface area (Å²) in [5, 5.41) is 2.46. The van der Waals surface area contributed by atoms with E-state index in [0.717, 1.165) is 11.3 Å². The zero-order chi connectivity index (χ0) is 17.7. The SMILES string of the molecule is COc1ccccc1C(C)N(C)C(=O)c1ccc(NC(N)=O)cc1. The highest BCUT2D eigenvalue weighted by atomic mass is 16.5. The van der Waals surface area contributed by atoms with Gasteiger partial charge in [-0.25, -0.2) is 4.79 Å². The van der Waals surface area contributed by atoms with E-state index in [1.165, 1.54) is 0 Å². The molecule has 1 atom stereocenters. The molecule has 0 saturated heterocycles. The molecule has 24 heavy (non-hydrogen) atoms. The van der Waals surface area contributed by atoms with Crippen molar-refractivity contribution in [3.63, 3.8) is 0 Å². The molecule has 0 saturated carbocycles. The van der Waals surface area contributed by atoms with E-state index >= 15 is 0 Å². The summed E-state index contributed by atoms with van der Waals surface area (Å²) in [6.45, 7) is 1.94. The van der Waals surface area contributed by atoms with Gasteiger partial charge in [-0.05, 0) is 37.3 Å². The molecule has 3 N–H and O–H groups in total. The monoisotopic (exact) mass is 327 g/mol. The van der Waals surface area contributed by atoms with Crippen molar-refractivity contribution >= 4 is 17.6 Å². The summed E-state index contributed by atoms with van der Waals surface area (Å²) in [4.78, 5) is 25.1. The Morgan fingerprint density at radius 3 is 2.33 bits per heavy atom. The molecule has 0 fully saturated rings. The minimum atomic E-state index is -0.643. The molecule has 2 aromatic carbocycles. The van der Waals surface area contributed by atoms with Crippen LogP contribution in [0, 0.1) is 0 Å². The number of para-hydroxylation sites is 1. The molecule has 6 heteroatoms. The molecular formula is C18H21N3O3. The number of nitrogens with zero attached hydrogens (tertiary/aromatic N) is 1. The van der Waals surface area contributed by atoms with Gasteiger partial charge in [0.1, 0.15) is 5.75 Å². The molecule has 0 spiro atoms. The van der Waals surface area contributed by atoms with Crippen LogP contribution in [-0.2, 0) is 0 Å². The minimum Gasteiger partial charge on any atom is -0.496 e. The van der Waals surface area contributed by atoms with E-state index < -0.39 is 6.03 Å². The predicted molar refractivity (Wildman–Crippen MR) is 93.2 cm³/mol. The van der Waals surface area contributed by atoms with Gasteiger partial charge in [0.2, 0.25) is 0 Å². The Morgan fingerprint density at radius 1 is 1.12 bits per heavy atom. The van der Waals surface area contributed by atoms with Crippen LogP contribution in [-0.4, -0.2) is 31.0 Å². The fraction of sp³-hybridized carbons (Fsp3) is 0.222. The highest BCUT2D eigenvalue weighted by Gasteiger charge is 2.21. The average molecular weight is 327 g/mol. The normalized spacial score (nSPS) is 11.5. The Balaban J connectivity index is 2.17. The van der Waals surface area contributed by atoms with Crippen molar-refractivity contribution in [1.29, 1.82) is 0 Å². The lowest BCUT2D eigenvalue weighted by Gasteiger charge is -2.26. The van der Waals surface area contributed by atoms with Crippen LogP contribution in [0.25, 0.3) is 0 Å². The molecule has 0 aliphatic carbocycles. The van der Waals surface area contributed by atoms with Gasteiger partial charge in [-0.15, -0.1) is 0 Å². The molecule has 0 heterocycles. The molecule has 0 radical (unpaired) electrons. The number of anilines is 1. The number of carbonyl (C=O) groups is 2. The molecule has 2 aromatic rings. The molecule has 126 valence electrons. The van der Waals surface area contributed by atoms with Gasteiger partial charge in [0.15, 0.2) is 0 Å². The van der Waals surface area contributed by atoms with Crippen molar-refractivity contribution in [2.24, 2.45) is 5.73 Å². The maximum atomic E-state index is 12.7. The maximum Gasteiger partial charge on any atom is 0.316 e. The lowest BCUT2D eigenvalue weighted by Crippen LogP contribution is -2.30. The predicted octanol–water partition coefficient (Wildman–Crippen LogP) is 3.02. The lowest BCUT2D eigenvalue weighted by molar-refractivity contribution is 0.0741. The molecule has 6 nitrogen and oxygen atoms in total. The van der Waals surface area contributed by atoms with Crippen molar-refractivity contribution in [3.8, 4) is 5.75 Å². The van der Waals surface area contributed by atoms with E-state index in [1.807, 2.05) is 31.2 Å². The molecule has 2 rings (SSSR count). The van der Waals surface area contributed by atoms with Gasteiger partial charge in [0, 0.05) is 23.9 Å². The van der Waals surface area contributed by atoms with Crippen LogP contribution in [0.3, 0.4) is 0 Å². The molecule has 0 aromatic heterocycles. The van der Waals surface area contributed by atoms with Crippen molar-refractivity contribution in [2.45, 2.75) is 13.0 Å². The van der Waals surface area contributed by atoms with Crippen LogP contribution >= 0.6 is 0 Å². The third-order valence-corrected chi connectivity index (χ3v) is 3.89. The fourth-order valence-corrected chi connectivity index (χ4v) is 2.44. The summed E-state index contributed by atoms with van der Waals surface area (Å²) in [6, 6.07) is 13.4. The molecule has 0 aliphatic heterocycles. The van der Waals surface area contributed by atoms with E-state index in [2.05, 4.69) is 5.32 Å². The number of primary amides is 1. The van der Waals surface area contributed by atoms with Crippen LogP contribution in [0.15, 0.2) is 48.5 Å². The number of ether oxygens (including phenoxy) is 1. The highest BCUT2D eigenvalue weighted by Crippen LogP contribution is 2.29. The zero-order valence-corrected chi connectivity index (χ0v) is 13.9. The number of benzene rings is 2. The Hall–Kier alpha value is -3.02. The van der Waals surface area contributed by atoms with E-state index in [1.54, 1.807) is 43.3 Å². The number of hydrogen-bond donors (Lipinski definition) is 2. The quantitative estimate of drug-likeness (QED) is 0.885. The first-order valence-corrected chi connectivity index (χ1v) is 7.50. The van der Waals surface area contributed by atoms with Gasteiger partial charge in [-0.2, -0.15) is 0 Å². The fourth-order valence-electron chi connectivity index (χ4n) is 2.44. The third-order valence-electron chi connectivity index (χ3n) is 3.89. The molecule has 0 aliphatic rings. The smallest absolute Gasteiger partial charge is 0.316 e. The van der Waals surface area contributed by atoms with Crippen molar-refractivity contribution < 1.29 is 14.3 Å². The standard InChI is InChI=1S/C18H21N3O3/c1-12(15-6-4-5-7-16(15)24-3)21(2)17(22)13-8-10-14(11-9-13)20-18(19)23/h4-12H,1-3H3,(H3,19,20,23). The van der Waals surface area contributed by atoms with Crippen molar-refractivity contribution in [1.82, 2.24) is 4.90 Å². The number of methoxy groups -OCH3 is 1. The number of amides is 3. The Morgan fingerprint density at radius 2 is 1.75 bits per heavy atom. The number of nitrogens with one attached hydrogen (secondary N) is 1. The molecule has 3 amide bonds. The van der Waals surface area contributed by atoms with E-state index in [-0.39, 0.29) is 11.9 Å². The van der Waals surface area contributed by atoms with Gasteiger partial charge in [0.25, 0.3) is 5.91 Å². The first-order chi connectivity index (χ1) is 11.4. The molecular weight excluding hydrogens is 306 g/mol. The zero-order valence-electron chi connectivity index (χ0n) is 13.9. The number of carbonyl (C=O) groups excluding carboxylic acids is 2. The number of urea groups is 1. The first kappa shape index (κ1) is 17.3. The van der Waals surface area contributed by atoms with Crippen LogP contribution in [0.5, 0.6) is 5.75 Å². The van der Waals surface area contributed by atoms with Gasteiger partial charge in [0.05, 0.1) is 13.2 Å². The molecule has 0 bridgehead atoms. The average Bonchev–Trinajstić information content (AvgIpc) is 2.60. The topological polar surface area (TPSA) is 84.7 Å². The number of nitrogens with two attached hydrogens (primary N) is 1. The summed E-state index contributed by atoms with van der Waals surface area (Å²) in [5.41, 5.74) is 7.06. The van der Waals surface area contributed by atoms with Crippen LogP contribution in [0.2, 0.25) is 0 Å². The van der Waals surface area contributed by atoms with Crippen molar-refractivity contribution in [2.75, 3.05) is 19.5 Å². The summed E-state index contributed by atoms with van der Waals surface area (Å²) in [7, 11) is 3.35. The lowest BCUT2D eigenvalue weighted by atomic mass is 10.0. The minimum absolute atomic E-state index is 0.126. The van der Waals surface area contributed by atoms with Gasteiger partial charge < -0.3 is 20.7 Å². The van der Waals surface area contributed by atoms with Crippen LogP contribution in [0.1, 0.15) is 28.9 Å². The van der Waals surface area contributed by atoms with Crippen molar-refractivity contribution in [3.05, 3.63) is 59.7 Å². The van der Waals surface area contributed by atoms with E-state index in [0.29, 0.717) is 11.3 Å². The number of rotatable bonds is 5. The Labute approximate surface area is 141 Å². The molecule has 1 unspecified atom stereocenters. The van der Waals surface area contributed by atoms with Gasteiger partial charge in [-0.1, -0.05) is 18.2 Å². The van der Waals surface area contributed by atoms with Crippen LogP contribution in [0.4, 0.5) is 10.5 Å². The van der Waals surface area contributed by atoms with Gasteiger partial charge >= 0.3 is 6.03 Å². The first-order valence-electron chi connectivity index (χ1n) is 7.50. The summed E-state index contributed by atoms with van der Waals surface area (Å²) >= 11 is 0. The Bertz CT molecular complexity index is 729. The summed E-state index contributed by atoms with van der Waals surface area (Å²) < 4.78 is 5.36. The second-order valence-electron chi connectivity index (χ2n) is 5.40. The van der Waals surface area contributed by atoms with Gasteiger partial charge in [-0.3, -0.25) is 4.79 Å². The number of hydrogen-bond acceptors (Lipinski definition) is 3. The highest BCUT2D eigenvalue weighted by molar-refractivity contribution is 5.95. The second kappa shape index (κ2) is 7.50. The second-order valence-corrected chi connectivity index (χ2v) is 5.40.